The van der Waals surface area contributed by atoms with Crippen LogP contribution in [0.2, 0.25) is 0 Å². The van der Waals surface area contributed by atoms with Crippen LogP contribution >= 0.6 is 0 Å². The summed E-state index contributed by atoms with van der Waals surface area (Å²) in [5, 5.41) is 2.30. The number of para-hydroxylation sites is 1. The van der Waals surface area contributed by atoms with E-state index in [0.717, 1.165) is 10.9 Å². The summed E-state index contributed by atoms with van der Waals surface area (Å²) >= 11 is 0. The van der Waals surface area contributed by atoms with Crippen molar-refractivity contribution in [1.29, 1.82) is 0 Å². The van der Waals surface area contributed by atoms with Crippen LogP contribution in [-0.4, -0.2) is 9.55 Å². The van der Waals surface area contributed by atoms with E-state index in [1.54, 1.807) is 30.7 Å². The van der Waals surface area contributed by atoms with Gasteiger partial charge in [0.1, 0.15) is 6.10 Å². The zero-order valence-corrected chi connectivity index (χ0v) is 13.5. The first-order valence-corrected chi connectivity index (χ1v) is 8.15. The highest BCUT2D eigenvalue weighted by atomic mass is 19.1. The lowest BCUT2D eigenvalue weighted by molar-refractivity contribution is 0.175. The number of imidazole rings is 1. The van der Waals surface area contributed by atoms with E-state index >= 15 is 0 Å². The third-order valence-electron chi connectivity index (χ3n) is 4.19. The topological polar surface area (TPSA) is 27.1 Å². The number of ether oxygens (including phenoxy) is 1. The second-order valence-electron chi connectivity index (χ2n) is 5.90. The van der Waals surface area contributed by atoms with Crippen LogP contribution in [0, 0.1) is 5.82 Å². The summed E-state index contributed by atoms with van der Waals surface area (Å²) in [6.45, 7) is 0.548. The Balaban J connectivity index is 1.71. The molecule has 0 N–H and O–H groups in total. The molecule has 4 rings (SSSR count). The van der Waals surface area contributed by atoms with Crippen LogP contribution < -0.4 is 4.74 Å². The molecule has 0 aliphatic rings. The van der Waals surface area contributed by atoms with Gasteiger partial charge in [0.2, 0.25) is 0 Å². The van der Waals surface area contributed by atoms with Crippen molar-refractivity contribution in [3.8, 4) is 5.75 Å². The highest BCUT2D eigenvalue weighted by Crippen LogP contribution is 2.28. The lowest BCUT2D eigenvalue weighted by Gasteiger charge is -2.21. The molecule has 3 nitrogen and oxygen atoms in total. The molecule has 0 fully saturated rings. The molecule has 0 aliphatic heterocycles. The number of benzene rings is 3. The summed E-state index contributed by atoms with van der Waals surface area (Å²) in [6, 6.07) is 20.8. The summed E-state index contributed by atoms with van der Waals surface area (Å²) in [6.07, 6.45) is 5.01. The molecule has 0 saturated heterocycles. The predicted molar refractivity (Wildman–Crippen MR) is 95.9 cm³/mol. The number of halogens is 1. The van der Waals surface area contributed by atoms with Crippen molar-refractivity contribution in [2.45, 2.75) is 12.6 Å². The van der Waals surface area contributed by atoms with E-state index in [4.69, 9.17) is 4.74 Å². The summed E-state index contributed by atoms with van der Waals surface area (Å²) < 4.78 is 22.0. The van der Waals surface area contributed by atoms with E-state index in [1.165, 1.54) is 11.5 Å². The van der Waals surface area contributed by atoms with Gasteiger partial charge in [-0.05, 0) is 34.5 Å². The van der Waals surface area contributed by atoms with Crippen molar-refractivity contribution in [2.24, 2.45) is 0 Å². The molecule has 3 aromatic carbocycles. The van der Waals surface area contributed by atoms with Gasteiger partial charge in [0.05, 0.1) is 12.9 Å². The molecule has 1 heterocycles. The molecule has 0 radical (unpaired) electrons. The normalized spacial score (nSPS) is 12.2. The highest BCUT2D eigenvalue weighted by molar-refractivity contribution is 5.83. The third-order valence-corrected chi connectivity index (χ3v) is 4.19. The van der Waals surface area contributed by atoms with Crippen molar-refractivity contribution in [3.05, 3.63) is 96.8 Å². The zero-order chi connectivity index (χ0) is 17.1. The molecular formula is C21H17FN2O. The fourth-order valence-electron chi connectivity index (χ4n) is 2.90. The number of hydrogen-bond acceptors (Lipinski definition) is 2. The van der Waals surface area contributed by atoms with Gasteiger partial charge in [0.25, 0.3) is 0 Å². The smallest absolute Gasteiger partial charge is 0.165 e. The van der Waals surface area contributed by atoms with Gasteiger partial charge in [-0.2, -0.15) is 0 Å². The number of hydrogen-bond donors (Lipinski definition) is 0. The molecule has 4 aromatic rings. The monoisotopic (exact) mass is 332 g/mol. The molecule has 1 aromatic heterocycles. The minimum absolute atomic E-state index is 0.251. The molecule has 25 heavy (non-hydrogen) atoms. The second kappa shape index (κ2) is 6.77. The molecule has 0 bridgehead atoms. The molecule has 1 atom stereocenters. The summed E-state index contributed by atoms with van der Waals surface area (Å²) in [4.78, 5) is 4.08. The van der Waals surface area contributed by atoms with Crippen molar-refractivity contribution in [1.82, 2.24) is 9.55 Å². The Bertz CT molecular complexity index is 982. The SMILES string of the molecule is Fc1ccccc1OC(Cn1ccnc1)c1ccc2ccccc2c1. The van der Waals surface area contributed by atoms with Crippen LogP contribution in [0.3, 0.4) is 0 Å². The molecule has 4 heteroatoms. The molecule has 0 spiro atoms. The number of aromatic nitrogens is 2. The molecule has 0 amide bonds. The average molecular weight is 332 g/mol. The van der Waals surface area contributed by atoms with Gasteiger partial charge in [0, 0.05) is 12.4 Å². The quantitative estimate of drug-likeness (QED) is 0.514. The largest absolute Gasteiger partial charge is 0.481 e. The first-order valence-electron chi connectivity index (χ1n) is 8.15. The molecule has 124 valence electrons. The Labute approximate surface area is 145 Å². The van der Waals surface area contributed by atoms with Gasteiger partial charge in [-0.25, -0.2) is 9.37 Å². The number of nitrogens with zero attached hydrogens (tertiary/aromatic N) is 2. The molecule has 0 saturated carbocycles. The Morgan fingerprint density at radius 1 is 0.960 bits per heavy atom. The van der Waals surface area contributed by atoms with Gasteiger partial charge in [-0.15, -0.1) is 0 Å². The van der Waals surface area contributed by atoms with E-state index in [0.29, 0.717) is 6.54 Å². The Morgan fingerprint density at radius 2 is 1.76 bits per heavy atom. The zero-order valence-electron chi connectivity index (χ0n) is 13.5. The number of fused-ring (bicyclic) bond motifs is 1. The minimum Gasteiger partial charge on any atom is -0.481 e. The first-order chi connectivity index (χ1) is 12.3. The van der Waals surface area contributed by atoms with Crippen LogP contribution in [-0.2, 0) is 6.54 Å². The standard InChI is InChI=1S/C21H17FN2O/c22-19-7-3-4-8-20(19)25-21(14-24-12-11-23-15-24)18-10-9-16-5-1-2-6-17(16)13-18/h1-13,15,21H,14H2. The maximum atomic E-state index is 14.1. The van der Waals surface area contributed by atoms with Crippen LogP contribution in [0.5, 0.6) is 5.75 Å². The lowest BCUT2D eigenvalue weighted by atomic mass is 10.0. The van der Waals surface area contributed by atoms with Crippen molar-refractivity contribution < 1.29 is 9.13 Å². The van der Waals surface area contributed by atoms with E-state index < -0.39 is 0 Å². The maximum Gasteiger partial charge on any atom is 0.165 e. The van der Waals surface area contributed by atoms with Gasteiger partial charge in [-0.1, -0.05) is 48.5 Å². The lowest BCUT2D eigenvalue weighted by Crippen LogP contribution is -2.15. The van der Waals surface area contributed by atoms with Gasteiger partial charge >= 0.3 is 0 Å². The Morgan fingerprint density at radius 3 is 2.56 bits per heavy atom. The average Bonchev–Trinajstić information content (AvgIpc) is 3.16. The van der Waals surface area contributed by atoms with E-state index in [2.05, 4.69) is 29.2 Å². The minimum atomic E-state index is -0.362. The van der Waals surface area contributed by atoms with E-state index in [-0.39, 0.29) is 17.7 Å². The van der Waals surface area contributed by atoms with Gasteiger partial charge in [-0.3, -0.25) is 0 Å². The van der Waals surface area contributed by atoms with Gasteiger partial charge in [0.15, 0.2) is 11.6 Å². The Hall–Kier alpha value is -3.14. The summed E-state index contributed by atoms with van der Waals surface area (Å²) in [5.41, 5.74) is 0.996. The highest BCUT2D eigenvalue weighted by Gasteiger charge is 2.17. The first kappa shape index (κ1) is 15.4. The van der Waals surface area contributed by atoms with Crippen LogP contribution in [0.15, 0.2) is 85.5 Å². The van der Waals surface area contributed by atoms with E-state index in [1.807, 2.05) is 29.0 Å². The summed E-state index contributed by atoms with van der Waals surface area (Å²) in [5.74, 6) is -0.111. The fourth-order valence-corrected chi connectivity index (χ4v) is 2.90. The Kier molecular flexibility index (Phi) is 4.17. The summed E-state index contributed by atoms with van der Waals surface area (Å²) in [7, 11) is 0. The van der Waals surface area contributed by atoms with Crippen molar-refractivity contribution >= 4 is 10.8 Å². The van der Waals surface area contributed by atoms with Gasteiger partial charge < -0.3 is 9.30 Å². The van der Waals surface area contributed by atoms with Crippen molar-refractivity contribution in [2.75, 3.05) is 0 Å². The second-order valence-corrected chi connectivity index (χ2v) is 5.90. The van der Waals surface area contributed by atoms with Crippen LogP contribution in [0.1, 0.15) is 11.7 Å². The van der Waals surface area contributed by atoms with Crippen LogP contribution in [0.4, 0.5) is 4.39 Å². The van der Waals surface area contributed by atoms with E-state index in [9.17, 15) is 4.39 Å². The molecule has 0 aliphatic carbocycles. The maximum absolute atomic E-state index is 14.1. The van der Waals surface area contributed by atoms with Crippen molar-refractivity contribution in [3.63, 3.8) is 0 Å². The van der Waals surface area contributed by atoms with Crippen LogP contribution in [0.25, 0.3) is 10.8 Å². The third kappa shape index (κ3) is 3.38. The molecule has 1 unspecified atom stereocenters. The number of rotatable bonds is 5. The fraction of sp³-hybridized carbons (Fsp3) is 0.0952. The molecular weight excluding hydrogens is 315 g/mol. The predicted octanol–water partition coefficient (Wildman–Crippen LogP) is 5.00.